The van der Waals surface area contributed by atoms with Crippen molar-refractivity contribution in [1.29, 1.82) is 0 Å². The van der Waals surface area contributed by atoms with E-state index in [9.17, 15) is 9.90 Å². The molecule has 0 aliphatic heterocycles. The summed E-state index contributed by atoms with van der Waals surface area (Å²) in [5.74, 6) is 0. The fraction of sp³-hybridized carbons (Fsp3) is 0.933. The molecule has 2 aliphatic rings. The number of carboxylic acid groups (broad SMARTS) is 1. The van der Waals surface area contributed by atoms with Gasteiger partial charge in [0.2, 0.25) is 0 Å². The zero-order valence-corrected chi connectivity index (χ0v) is 12.9. The van der Waals surface area contributed by atoms with Crippen LogP contribution in [0.2, 0.25) is 0 Å². The second-order valence-corrected chi connectivity index (χ2v) is 6.95. The normalized spacial score (nSPS) is 21.0. The van der Waals surface area contributed by atoms with Crippen LogP contribution in [0.25, 0.3) is 0 Å². The van der Waals surface area contributed by atoms with Gasteiger partial charge in [-0.05, 0) is 64.5 Å². The summed E-state index contributed by atoms with van der Waals surface area (Å²) in [4.78, 5) is 12.7. The molecule has 0 radical (unpaired) electrons. The molecule has 2 saturated carbocycles. The van der Waals surface area contributed by atoms with Gasteiger partial charge in [-0.1, -0.05) is 0 Å². The molecule has 6 N–H and O–H groups in total. The standard InChI is InChI=1S/C15H30N4O2/c16-14(3-4-14)7-10-18-9-1-2-11-19(13(20)21)12-8-15(17)5-6-15/h18H,1-12,16-17H2,(H,20,21). The fourth-order valence-electron chi connectivity index (χ4n) is 2.50. The molecule has 0 unspecified atom stereocenters. The second-order valence-electron chi connectivity index (χ2n) is 6.95. The Balaban J connectivity index is 1.47. The number of hydrogen-bond acceptors (Lipinski definition) is 4. The smallest absolute Gasteiger partial charge is 0.407 e. The van der Waals surface area contributed by atoms with Gasteiger partial charge in [0.15, 0.2) is 0 Å². The predicted molar refractivity (Wildman–Crippen MR) is 83.2 cm³/mol. The van der Waals surface area contributed by atoms with Crippen LogP contribution in [0.3, 0.4) is 0 Å². The molecule has 0 saturated heterocycles. The molecule has 2 rings (SSSR count). The lowest BCUT2D eigenvalue weighted by atomic mass is 10.2. The molecule has 122 valence electrons. The number of nitrogens with two attached hydrogens (primary N) is 2. The third-order valence-corrected chi connectivity index (χ3v) is 4.77. The van der Waals surface area contributed by atoms with E-state index in [0.29, 0.717) is 13.1 Å². The topological polar surface area (TPSA) is 105 Å². The van der Waals surface area contributed by atoms with Crippen LogP contribution in [0.1, 0.15) is 51.4 Å². The Morgan fingerprint density at radius 1 is 1.00 bits per heavy atom. The fourth-order valence-corrected chi connectivity index (χ4v) is 2.50. The van der Waals surface area contributed by atoms with Crippen LogP contribution in [0.5, 0.6) is 0 Å². The van der Waals surface area contributed by atoms with Gasteiger partial charge in [0.25, 0.3) is 0 Å². The summed E-state index contributed by atoms with van der Waals surface area (Å²) in [6.45, 7) is 3.07. The Morgan fingerprint density at radius 3 is 2.19 bits per heavy atom. The van der Waals surface area contributed by atoms with Crippen LogP contribution in [-0.4, -0.2) is 53.4 Å². The number of hydrogen-bond donors (Lipinski definition) is 4. The Hall–Kier alpha value is -0.850. The minimum atomic E-state index is -0.828. The van der Waals surface area contributed by atoms with Crippen molar-refractivity contribution in [3.8, 4) is 0 Å². The van der Waals surface area contributed by atoms with E-state index in [-0.39, 0.29) is 11.1 Å². The van der Waals surface area contributed by atoms with Gasteiger partial charge in [-0.15, -0.1) is 0 Å². The van der Waals surface area contributed by atoms with Crippen molar-refractivity contribution >= 4 is 6.09 Å². The first-order chi connectivity index (χ1) is 9.93. The minimum absolute atomic E-state index is 0.0732. The highest BCUT2D eigenvalue weighted by atomic mass is 16.4. The molecule has 21 heavy (non-hydrogen) atoms. The summed E-state index contributed by atoms with van der Waals surface area (Å²) < 4.78 is 0. The average molecular weight is 298 g/mol. The lowest BCUT2D eigenvalue weighted by molar-refractivity contribution is 0.142. The third kappa shape index (κ3) is 6.20. The maximum Gasteiger partial charge on any atom is 0.407 e. The van der Waals surface area contributed by atoms with E-state index in [0.717, 1.165) is 64.5 Å². The van der Waals surface area contributed by atoms with Gasteiger partial charge in [0, 0.05) is 24.2 Å². The molecule has 2 fully saturated rings. The van der Waals surface area contributed by atoms with Crippen molar-refractivity contribution in [1.82, 2.24) is 10.2 Å². The average Bonchev–Trinajstić information content (AvgIpc) is 3.33. The van der Waals surface area contributed by atoms with Gasteiger partial charge >= 0.3 is 6.09 Å². The summed E-state index contributed by atoms with van der Waals surface area (Å²) in [7, 11) is 0. The molecule has 0 spiro atoms. The third-order valence-electron chi connectivity index (χ3n) is 4.77. The summed E-state index contributed by atoms with van der Waals surface area (Å²) in [5.41, 5.74) is 12.1. The molecule has 1 amide bonds. The van der Waals surface area contributed by atoms with Crippen LogP contribution in [0, 0.1) is 0 Å². The van der Waals surface area contributed by atoms with Crippen LogP contribution >= 0.6 is 0 Å². The molecule has 0 aromatic rings. The molecule has 0 aromatic carbocycles. The molecule has 6 heteroatoms. The summed E-state index contributed by atoms with van der Waals surface area (Å²) >= 11 is 0. The maximum atomic E-state index is 11.2. The van der Waals surface area contributed by atoms with Crippen LogP contribution < -0.4 is 16.8 Å². The quantitative estimate of drug-likeness (QED) is 0.428. The van der Waals surface area contributed by atoms with Gasteiger partial charge in [-0.2, -0.15) is 0 Å². The number of amides is 1. The second kappa shape index (κ2) is 6.94. The molecular formula is C15H30N4O2. The van der Waals surface area contributed by atoms with Crippen LogP contribution in [-0.2, 0) is 0 Å². The first kappa shape index (κ1) is 16.5. The van der Waals surface area contributed by atoms with Crippen molar-refractivity contribution in [3.05, 3.63) is 0 Å². The van der Waals surface area contributed by atoms with E-state index in [2.05, 4.69) is 5.32 Å². The molecule has 0 atom stereocenters. The summed E-state index contributed by atoms with van der Waals surface area (Å²) in [6, 6.07) is 0. The van der Waals surface area contributed by atoms with E-state index in [1.165, 1.54) is 4.90 Å². The van der Waals surface area contributed by atoms with Gasteiger partial charge in [-0.25, -0.2) is 4.79 Å². The maximum absolute atomic E-state index is 11.2. The summed E-state index contributed by atoms with van der Waals surface area (Å²) in [6.07, 6.45) is 7.28. The Kier molecular flexibility index (Phi) is 5.46. The molecule has 2 aliphatic carbocycles. The van der Waals surface area contributed by atoms with Crippen LogP contribution in [0.15, 0.2) is 0 Å². The zero-order valence-electron chi connectivity index (χ0n) is 12.9. The van der Waals surface area contributed by atoms with Crippen molar-refractivity contribution in [2.45, 2.75) is 62.4 Å². The molecule has 0 aromatic heterocycles. The van der Waals surface area contributed by atoms with Gasteiger partial charge < -0.3 is 26.8 Å². The SMILES string of the molecule is NC1(CCNCCCCN(CCC2(N)CC2)C(=O)O)CC1. The summed E-state index contributed by atoms with van der Waals surface area (Å²) in [5, 5.41) is 12.6. The zero-order chi connectivity index (χ0) is 15.3. The number of nitrogens with one attached hydrogen (secondary N) is 1. The number of nitrogens with zero attached hydrogens (tertiary/aromatic N) is 1. The largest absolute Gasteiger partial charge is 0.465 e. The monoisotopic (exact) mass is 298 g/mol. The van der Waals surface area contributed by atoms with E-state index >= 15 is 0 Å². The highest BCUT2D eigenvalue weighted by molar-refractivity contribution is 5.64. The number of carbonyl (C=O) groups is 1. The highest BCUT2D eigenvalue weighted by Gasteiger charge is 2.38. The molecular weight excluding hydrogens is 268 g/mol. The van der Waals surface area contributed by atoms with Gasteiger partial charge in [0.1, 0.15) is 0 Å². The Morgan fingerprint density at radius 2 is 1.62 bits per heavy atom. The highest BCUT2D eigenvalue weighted by Crippen LogP contribution is 2.35. The van der Waals surface area contributed by atoms with Crippen molar-refractivity contribution in [3.63, 3.8) is 0 Å². The number of rotatable bonds is 11. The molecule has 6 nitrogen and oxygen atoms in total. The van der Waals surface area contributed by atoms with E-state index < -0.39 is 6.09 Å². The van der Waals surface area contributed by atoms with E-state index in [1.54, 1.807) is 0 Å². The van der Waals surface area contributed by atoms with Gasteiger partial charge in [-0.3, -0.25) is 0 Å². The lowest BCUT2D eigenvalue weighted by Gasteiger charge is -2.21. The first-order valence-corrected chi connectivity index (χ1v) is 8.19. The Labute approximate surface area is 127 Å². The van der Waals surface area contributed by atoms with E-state index in [1.807, 2.05) is 0 Å². The number of unbranched alkanes of at least 4 members (excludes halogenated alkanes) is 1. The van der Waals surface area contributed by atoms with Crippen molar-refractivity contribution in [2.75, 3.05) is 26.2 Å². The molecule has 0 heterocycles. The lowest BCUT2D eigenvalue weighted by Crippen LogP contribution is -2.36. The Bertz CT molecular complexity index is 354. The van der Waals surface area contributed by atoms with Crippen molar-refractivity contribution < 1.29 is 9.90 Å². The van der Waals surface area contributed by atoms with Gasteiger partial charge in [0.05, 0.1) is 0 Å². The minimum Gasteiger partial charge on any atom is -0.465 e. The molecule has 0 bridgehead atoms. The van der Waals surface area contributed by atoms with E-state index in [4.69, 9.17) is 11.5 Å². The first-order valence-electron chi connectivity index (χ1n) is 8.19. The predicted octanol–water partition coefficient (Wildman–Crippen LogP) is 1.10. The van der Waals surface area contributed by atoms with Crippen LogP contribution in [0.4, 0.5) is 4.79 Å². The van der Waals surface area contributed by atoms with Crippen molar-refractivity contribution in [2.24, 2.45) is 11.5 Å².